The Morgan fingerprint density at radius 3 is 2.83 bits per heavy atom. The van der Waals surface area contributed by atoms with E-state index in [2.05, 4.69) is 15.6 Å². The maximum absolute atomic E-state index is 13.4. The van der Waals surface area contributed by atoms with Gasteiger partial charge in [-0.1, -0.05) is 11.6 Å². The van der Waals surface area contributed by atoms with Crippen LogP contribution in [-0.2, 0) is 4.79 Å². The highest BCUT2D eigenvalue weighted by molar-refractivity contribution is 6.30. The lowest BCUT2D eigenvalue weighted by Gasteiger charge is -2.71. The van der Waals surface area contributed by atoms with E-state index in [1.165, 1.54) is 18.4 Å². The van der Waals surface area contributed by atoms with E-state index in [1.54, 1.807) is 0 Å². The zero-order valence-corrected chi connectivity index (χ0v) is 16.3. The number of oxazole rings is 1. The molecule has 4 fully saturated rings. The first kappa shape index (κ1) is 18.8. The number of hydrogen-bond donors (Lipinski definition) is 3. The summed E-state index contributed by atoms with van der Waals surface area (Å²) < 4.78 is 24.2. The lowest BCUT2D eigenvalue weighted by atomic mass is 9.44. The molecule has 6 rings (SSSR count). The topological polar surface area (TPSA) is 96.6 Å². The summed E-state index contributed by atoms with van der Waals surface area (Å²) in [5, 5.41) is 16.6. The van der Waals surface area contributed by atoms with Crippen molar-refractivity contribution < 1.29 is 23.4 Å². The van der Waals surface area contributed by atoms with Gasteiger partial charge in [0.2, 0.25) is 0 Å². The van der Waals surface area contributed by atoms with Crippen molar-refractivity contribution in [2.24, 2.45) is 0 Å². The fourth-order valence-corrected chi connectivity index (χ4v) is 4.55. The van der Waals surface area contributed by atoms with Crippen LogP contribution in [0.3, 0.4) is 0 Å². The normalized spacial score (nSPS) is 28.2. The predicted molar refractivity (Wildman–Crippen MR) is 101 cm³/mol. The Bertz CT molecular complexity index is 941. The third-order valence-corrected chi connectivity index (χ3v) is 6.19. The van der Waals surface area contributed by atoms with Gasteiger partial charge >= 0.3 is 0 Å². The summed E-state index contributed by atoms with van der Waals surface area (Å²) in [5.74, 6) is 0.490. The number of hydrogen-bond acceptors (Lipinski definition) is 6. The number of carbonyl (C=O) groups excluding carboxylic acids is 1. The zero-order valence-electron chi connectivity index (χ0n) is 15.6. The predicted octanol–water partition coefficient (Wildman–Crippen LogP) is 2.80. The monoisotopic (exact) mass is 421 g/mol. The number of carbonyl (C=O) groups is 1. The van der Waals surface area contributed by atoms with Crippen LogP contribution in [0, 0.1) is 5.82 Å². The van der Waals surface area contributed by atoms with Gasteiger partial charge in [-0.05, 0) is 44.2 Å². The van der Waals surface area contributed by atoms with Crippen LogP contribution in [0.25, 0.3) is 0 Å². The Morgan fingerprint density at radius 1 is 1.38 bits per heavy atom. The van der Waals surface area contributed by atoms with Gasteiger partial charge in [-0.3, -0.25) is 10.1 Å². The first-order valence-corrected chi connectivity index (χ1v) is 10.0. The second kappa shape index (κ2) is 6.68. The number of benzene rings is 1. The first-order chi connectivity index (χ1) is 13.9. The largest absolute Gasteiger partial charge is 0.484 e. The lowest BCUT2D eigenvalue weighted by Crippen LogP contribution is -2.83. The van der Waals surface area contributed by atoms with Crippen LogP contribution < -0.4 is 15.4 Å². The highest BCUT2D eigenvalue weighted by Crippen LogP contribution is 2.61. The minimum atomic E-state index is -0.886. The molecule has 2 aromatic rings. The van der Waals surface area contributed by atoms with E-state index < -0.39 is 12.0 Å². The maximum Gasteiger partial charge on any atom is 0.258 e. The number of aliphatic hydroxyl groups is 1. The molecule has 1 aromatic heterocycles. The Morgan fingerprint density at radius 2 is 2.14 bits per heavy atom. The molecule has 4 aliphatic rings. The van der Waals surface area contributed by atoms with E-state index in [-0.39, 0.29) is 34.4 Å². The van der Waals surface area contributed by atoms with Gasteiger partial charge in [0.1, 0.15) is 23.5 Å². The second-order valence-corrected chi connectivity index (χ2v) is 8.84. The number of halogens is 2. The van der Waals surface area contributed by atoms with Gasteiger partial charge in [0.15, 0.2) is 18.7 Å². The molecule has 1 amide bonds. The number of ether oxygens (including phenoxy) is 1. The van der Waals surface area contributed by atoms with Gasteiger partial charge in [0.05, 0.1) is 5.02 Å². The Balaban J connectivity index is 1.08. The second-order valence-electron chi connectivity index (χ2n) is 8.44. The average Bonchev–Trinajstić information content (AvgIpc) is 3.36. The fraction of sp³-hybridized carbons (Fsp3) is 0.500. The molecular weight excluding hydrogens is 401 g/mol. The van der Waals surface area contributed by atoms with E-state index in [4.69, 9.17) is 20.8 Å². The van der Waals surface area contributed by atoms with E-state index in [1.807, 2.05) is 0 Å². The standard InChI is InChI=1S/C20H21ClFN3O4/c21-13-4-3-12(5-14(13)22)28-7-16(26)24-19-8-20(9-19,10-19)25-17(27)15-6-29-18(23-15)11-1-2-11/h3-6,11,17,25,27H,1-2,7-10H2,(H,24,26). The zero-order chi connectivity index (χ0) is 20.2. The van der Waals surface area contributed by atoms with Gasteiger partial charge in [0.25, 0.3) is 5.91 Å². The molecule has 29 heavy (non-hydrogen) atoms. The molecule has 4 saturated carbocycles. The smallest absolute Gasteiger partial charge is 0.258 e. The fourth-order valence-electron chi connectivity index (χ4n) is 4.43. The van der Waals surface area contributed by atoms with Crippen molar-refractivity contribution in [3.05, 3.63) is 46.9 Å². The lowest BCUT2D eigenvalue weighted by molar-refractivity contribution is -0.151. The minimum Gasteiger partial charge on any atom is -0.484 e. The van der Waals surface area contributed by atoms with Crippen molar-refractivity contribution >= 4 is 17.5 Å². The number of amides is 1. The maximum atomic E-state index is 13.4. The van der Waals surface area contributed by atoms with Crippen molar-refractivity contribution in [2.75, 3.05) is 6.61 Å². The molecule has 7 nitrogen and oxygen atoms in total. The van der Waals surface area contributed by atoms with Crippen molar-refractivity contribution in [2.45, 2.75) is 55.3 Å². The van der Waals surface area contributed by atoms with Crippen LogP contribution in [0.2, 0.25) is 5.02 Å². The van der Waals surface area contributed by atoms with Crippen LogP contribution in [-0.4, -0.2) is 33.7 Å². The van der Waals surface area contributed by atoms with Crippen LogP contribution in [0.15, 0.2) is 28.9 Å². The molecule has 0 aliphatic heterocycles. The van der Waals surface area contributed by atoms with Gasteiger partial charge in [-0.15, -0.1) is 0 Å². The molecule has 1 unspecified atom stereocenters. The molecule has 2 bridgehead atoms. The number of aliphatic hydroxyl groups excluding tert-OH is 1. The Kier molecular flexibility index (Phi) is 4.34. The van der Waals surface area contributed by atoms with Crippen molar-refractivity contribution in [1.82, 2.24) is 15.6 Å². The van der Waals surface area contributed by atoms with Crippen molar-refractivity contribution in [3.8, 4) is 5.75 Å². The summed E-state index contributed by atoms with van der Waals surface area (Å²) >= 11 is 5.63. The molecule has 9 heteroatoms. The van der Waals surface area contributed by atoms with Gasteiger partial charge in [-0.25, -0.2) is 9.37 Å². The summed E-state index contributed by atoms with van der Waals surface area (Å²) in [6.45, 7) is -0.200. The van der Waals surface area contributed by atoms with Crippen LogP contribution >= 0.6 is 11.6 Å². The number of nitrogens with one attached hydrogen (secondary N) is 2. The van der Waals surface area contributed by atoms with E-state index in [0.717, 1.165) is 38.2 Å². The summed E-state index contributed by atoms with van der Waals surface area (Å²) in [6.07, 6.45) is 4.98. The number of aromatic nitrogens is 1. The minimum absolute atomic E-state index is 0.00466. The summed E-state index contributed by atoms with van der Waals surface area (Å²) in [7, 11) is 0. The van der Waals surface area contributed by atoms with E-state index >= 15 is 0 Å². The number of nitrogens with zero attached hydrogens (tertiary/aromatic N) is 1. The quantitative estimate of drug-likeness (QED) is 0.567. The molecule has 4 aliphatic carbocycles. The first-order valence-electron chi connectivity index (χ1n) is 9.65. The summed E-state index contributed by atoms with van der Waals surface area (Å²) in [5.41, 5.74) is 0.0470. The third-order valence-electron chi connectivity index (χ3n) is 5.89. The highest BCUT2D eigenvalue weighted by Gasteiger charge is 2.69. The average molecular weight is 422 g/mol. The van der Waals surface area contributed by atoms with Crippen LogP contribution in [0.4, 0.5) is 4.39 Å². The van der Waals surface area contributed by atoms with Gasteiger partial charge in [0, 0.05) is 23.1 Å². The molecule has 1 atom stereocenters. The molecule has 0 saturated heterocycles. The van der Waals surface area contributed by atoms with E-state index in [9.17, 15) is 14.3 Å². The SMILES string of the molecule is O=C(COc1ccc(Cl)c(F)c1)NC12CC(NC(O)c3coc(C4CC4)n3)(C1)C2. The summed E-state index contributed by atoms with van der Waals surface area (Å²) in [4.78, 5) is 16.5. The van der Waals surface area contributed by atoms with Crippen molar-refractivity contribution in [1.29, 1.82) is 0 Å². The van der Waals surface area contributed by atoms with E-state index in [0.29, 0.717) is 17.5 Å². The van der Waals surface area contributed by atoms with Gasteiger partial charge < -0.3 is 19.6 Å². The van der Waals surface area contributed by atoms with Crippen molar-refractivity contribution in [3.63, 3.8) is 0 Å². The number of rotatable bonds is 8. The molecule has 154 valence electrons. The molecular formula is C20H21ClFN3O4. The highest BCUT2D eigenvalue weighted by atomic mass is 35.5. The molecule has 0 radical (unpaired) electrons. The molecule has 1 heterocycles. The molecule has 0 spiro atoms. The Hall–Kier alpha value is -2.16. The Labute approximate surface area is 171 Å². The molecule has 3 N–H and O–H groups in total. The van der Waals surface area contributed by atoms with Gasteiger partial charge in [-0.2, -0.15) is 0 Å². The summed E-state index contributed by atoms with van der Waals surface area (Å²) in [6, 6.07) is 4.04. The van der Waals surface area contributed by atoms with Crippen LogP contribution in [0.5, 0.6) is 5.75 Å². The third kappa shape index (κ3) is 3.60. The van der Waals surface area contributed by atoms with Crippen LogP contribution in [0.1, 0.15) is 55.8 Å². The molecule has 1 aromatic carbocycles.